The summed E-state index contributed by atoms with van der Waals surface area (Å²) in [5, 5.41) is 9.47. The summed E-state index contributed by atoms with van der Waals surface area (Å²) < 4.78 is 43.9. The summed E-state index contributed by atoms with van der Waals surface area (Å²) in [7, 11) is 1.46. The van der Waals surface area contributed by atoms with Crippen LogP contribution in [0.3, 0.4) is 0 Å². The molecule has 2 N–H and O–H groups in total. The van der Waals surface area contributed by atoms with E-state index in [1.165, 1.54) is 37.4 Å². The summed E-state index contributed by atoms with van der Waals surface area (Å²) in [4.78, 5) is 41.3. The van der Waals surface area contributed by atoms with Crippen LogP contribution in [0.1, 0.15) is 19.8 Å². The topological polar surface area (TPSA) is 121 Å². The van der Waals surface area contributed by atoms with Gasteiger partial charge in [-0.1, -0.05) is 13.5 Å². The first-order valence-corrected chi connectivity index (χ1v) is 9.35. The minimum Gasteiger partial charge on any atom is -0.489 e. The van der Waals surface area contributed by atoms with Gasteiger partial charge in [-0.05, 0) is 36.8 Å². The molecule has 0 spiro atoms. The van der Waals surface area contributed by atoms with E-state index >= 15 is 0 Å². The summed E-state index contributed by atoms with van der Waals surface area (Å²) in [5.74, 6) is -3.63. The van der Waals surface area contributed by atoms with Crippen LogP contribution in [-0.4, -0.2) is 55.7 Å². The average Bonchev–Trinajstić information content (AvgIpc) is 2.75. The molecule has 0 saturated heterocycles. The van der Waals surface area contributed by atoms with Gasteiger partial charge in [0, 0.05) is 37.7 Å². The van der Waals surface area contributed by atoms with Crippen molar-refractivity contribution in [1.82, 2.24) is 5.32 Å². The molecule has 174 valence electrons. The second-order valence-corrected chi connectivity index (χ2v) is 5.88. The summed E-state index contributed by atoms with van der Waals surface area (Å²) in [6, 6.07) is -1.02. The van der Waals surface area contributed by atoms with Crippen molar-refractivity contribution in [3.63, 3.8) is 0 Å². The summed E-state index contributed by atoms with van der Waals surface area (Å²) in [6.45, 7) is 4.77. The first kappa shape index (κ1) is 28.4. The Hall–Kier alpha value is -3.63. The van der Waals surface area contributed by atoms with E-state index in [1.54, 1.807) is 6.92 Å². The van der Waals surface area contributed by atoms with E-state index in [0.717, 1.165) is 6.21 Å². The molecule has 0 heterocycles. The molecular weight excluding hydrogens is 429 g/mol. The van der Waals surface area contributed by atoms with Gasteiger partial charge in [-0.3, -0.25) is 9.59 Å². The van der Waals surface area contributed by atoms with Gasteiger partial charge in [0.25, 0.3) is 0 Å². The fourth-order valence-electron chi connectivity index (χ4n) is 1.98. The molecule has 0 radical (unpaired) electrons. The SMILES string of the molecule is C=CC(=O)C(CC=NC(=O)N=C(/C=C\COC(C=CC(=O)NC)=CC=N)CC)C(F)(F)F. The first-order valence-electron chi connectivity index (χ1n) is 9.35. The van der Waals surface area contributed by atoms with Crippen molar-refractivity contribution in [1.29, 1.82) is 5.41 Å². The molecule has 0 bridgehead atoms. The number of ketones is 1. The standard InChI is InChI=1S/C21H25F3N4O4/c1-4-15(7-6-14-32-16(10-12-25)8-9-19(30)26-3)28-20(31)27-13-11-17(18(29)5-2)21(22,23)24/h5-10,12-13,17,25H,2,4,11,14H2,1,3H3,(H,26,30)/b7-6-,9-8?,16-10?,25-12?,27-13?,28-15?. The lowest BCUT2D eigenvalue weighted by atomic mass is 10.0. The van der Waals surface area contributed by atoms with E-state index in [-0.39, 0.29) is 18.3 Å². The van der Waals surface area contributed by atoms with Gasteiger partial charge in [0.2, 0.25) is 5.91 Å². The molecule has 0 rings (SSSR count). The van der Waals surface area contributed by atoms with Crippen molar-refractivity contribution in [2.75, 3.05) is 13.7 Å². The maximum atomic E-state index is 12.8. The number of amides is 3. The van der Waals surface area contributed by atoms with E-state index in [1.807, 2.05) is 0 Å². The first-order chi connectivity index (χ1) is 15.1. The number of rotatable bonds is 12. The van der Waals surface area contributed by atoms with Crippen LogP contribution in [0.15, 0.2) is 58.8 Å². The highest BCUT2D eigenvalue weighted by Crippen LogP contribution is 2.29. The number of aliphatic imine (C=N–C) groups is 2. The van der Waals surface area contributed by atoms with E-state index in [0.29, 0.717) is 24.4 Å². The number of likely N-dealkylation sites (N-methyl/N-ethyl adjacent to an activating group) is 1. The summed E-state index contributed by atoms with van der Waals surface area (Å²) in [6.07, 6.45) is 3.93. The number of hydrogen-bond donors (Lipinski definition) is 2. The van der Waals surface area contributed by atoms with Gasteiger partial charge in [0.05, 0.1) is 0 Å². The molecule has 0 aliphatic heterocycles. The zero-order valence-corrected chi connectivity index (χ0v) is 17.7. The van der Waals surface area contributed by atoms with Crippen molar-refractivity contribution in [2.45, 2.75) is 25.9 Å². The molecule has 32 heavy (non-hydrogen) atoms. The van der Waals surface area contributed by atoms with Gasteiger partial charge < -0.3 is 15.5 Å². The normalized spacial score (nSPS) is 14.0. The number of carbonyl (C=O) groups is 3. The molecule has 1 atom stereocenters. The van der Waals surface area contributed by atoms with E-state index < -0.39 is 30.3 Å². The molecule has 0 aliphatic rings. The van der Waals surface area contributed by atoms with Crippen molar-refractivity contribution < 1.29 is 32.3 Å². The highest BCUT2D eigenvalue weighted by molar-refractivity contribution is 6.03. The van der Waals surface area contributed by atoms with Gasteiger partial charge in [0.15, 0.2) is 5.78 Å². The monoisotopic (exact) mass is 454 g/mol. The van der Waals surface area contributed by atoms with E-state index in [9.17, 15) is 27.6 Å². The number of alkyl halides is 3. The maximum Gasteiger partial charge on any atom is 0.399 e. The number of hydrogen-bond acceptors (Lipinski definition) is 5. The fourth-order valence-corrected chi connectivity index (χ4v) is 1.98. The third-order valence-electron chi connectivity index (χ3n) is 3.63. The number of carbonyl (C=O) groups excluding carboxylic acids is 3. The molecule has 0 aromatic carbocycles. The number of nitrogens with zero attached hydrogens (tertiary/aromatic N) is 2. The zero-order chi connectivity index (χ0) is 24.6. The Morgan fingerprint density at radius 2 is 1.91 bits per heavy atom. The number of nitrogens with one attached hydrogen (secondary N) is 2. The lowest BCUT2D eigenvalue weighted by Crippen LogP contribution is -2.30. The lowest BCUT2D eigenvalue weighted by molar-refractivity contribution is -0.176. The Labute approximate surface area is 183 Å². The molecule has 1 unspecified atom stereocenters. The Morgan fingerprint density at radius 1 is 1.22 bits per heavy atom. The fraction of sp³-hybridized carbons (Fsp3) is 0.333. The second kappa shape index (κ2) is 15.2. The van der Waals surface area contributed by atoms with Gasteiger partial charge in [-0.15, -0.1) is 0 Å². The van der Waals surface area contributed by atoms with Crippen LogP contribution < -0.4 is 5.32 Å². The van der Waals surface area contributed by atoms with Gasteiger partial charge in [-0.2, -0.15) is 18.2 Å². The van der Waals surface area contributed by atoms with Crippen LogP contribution >= 0.6 is 0 Å². The smallest absolute Gasteiger partial charge is 0.399 e. The van der Waals surface area contributed by atoms with Crippen molar-refractivity contribution >= 4 is 35.9 Å². The third kappa shape index (κ3) is 12.2. The van der Waals surface area contributed by atoms with Crippen LogP contribution in [0.25, 0.3) is 0 Å². The number of halogens is 3. The molecule has 0 aliphatic carbocycles. The lowest BCUT2D eigenvalue weighted by Gasteiger charge is -2.14. The maximum absolute atomic E-state index is 12.8. The Morgan fingerprint density at radius 3 is 2.44 bits per heavy atom. The van der Waals surface area contributed by atoms with Crippen LogP contribution in [0.5, 0.6) is 0 Å². The average molecular weight is 454 g/mol. The zero-order valence-electron chi connectivity index (χ0n) is 17.7. The number of urea groups is 1. The minimum atomic E-state index is -4.78. The Balaban J connectivity index is 4.98. The summed E-state index contributed by atoms with van der Waals surface area (Å²) in [5.41, 5.74) is 0.295. The van der Waals surface area contributed by atoms with Crippen LogP contribution in [0.4, 0.5) is 18.0 Å². The molecule has 8 nitrogen and oxygen atoms in total. The minimum absolute atomic E-state index is 0.0329. The van der Waals surface area contributed by atoms with E-state index in [2.05, 4.69) is 21.9 Å². The number of allylic oxidation sites excluding steroid dienone is 4. The molecule has 11 heteroatoms. The number of ether oxygens (including phenoxy) is 1. The quantitative estimate of drug-likeness (QED) is 0.202. The van der Waals surface area contributed by atoms with Crippen molar-refractivity contribution in [3.8, 4) is 0 Å². The molecule has 0 aromatic rings. The highest BCUT2D eigenvalue weighted by atomic mass is 19.4. The molecular formula is C21H25F3N4O4. The molecule has 0 saturated carbocycles. The predicted molar refractivity (Wildman–Crippen MR) is 116 cm³/mol. The Bertz CT molecular complexity index is 840. The van der Waals surface area contributed by atoms with E-state index in [4.69, 9.17) is 10.1 Å². The van der Waals surface area contributed by atoms with Gasteiger partial charge in [0.1, 0.15) is 18.3 Å². The largest absolute Gasteiger partial charge is 0.489 e. The molecule has 3 amide bonds. The van der Waals surface area contributed by atoms with Crippen LogP contribution in [0.2, 0.25) is 0 Å². The van der Waals surface area contributed by atoms with Crippen molar-refractivity contribution in [2.24, 2.45) is 15.9 Å². The molecule has 0 aromatic heterocycles. The van der Waals surface area contributed by atoms with Crippen LogP contribution in [0, 0.1) is 11.3 Å². The molecule has 0 fully saturated rings. The predicted octanol–water partition coefficient (Wildman–Crippen LogP) is 3.76. The van der Waals surface area contributed by atoms with Gasteiger partial charge >= 0.3 is 12.2 Å². The van der Waals surface area contributed by atoms with Crippen LogP contribution in [-0.2, 0) is 14.3 Å². The summed E-state index contributed by atoms with van der Waals surface area (Å²) >= 11 is 0. The highest BCUT2D eigenvalue weighted by Gasteiger charge is 2.42. The third-order valence-corrected chi connectivity index (χ3v) is 3.63. The Kier molecular flexibility index (Phi) is 13.5. The second-order valence-electron chi connectivity index (χ2n) is 5.88. The van der Waals surface area contributed by atoms with Crippen molar-refractivity contribution in [3.05, 3.63) is 48.8 Å². The van der Waals surface area contributed by atoms with Gasteiger partial charge in [-0.25, -0.2) is 9.79 Å².